The average molecular weight is 429 g/mol. The van der Waals surface area contributed by atoms with Crippen molar-refractivity contribution in [3.8, 4) is 22.7 Å². The number of nitro groups is 1. The number of nitrogens with zero attached hydrogens (tertiary/aromatic N) is 4. The molecule has 2 aromatic heterocycles. The molecule has 4 aromatic rings. The number of hydrogen-bond donors (Lipinski definition) is 1. The van der Waals surface area contributed by atoms with Gasteiger partial charge in [-0.15, -0.1) is 0 Å². The summed E-state index contributed by atoms with van der Waals surface area (Å²) in [6, 6.07) is 18.5. The lowest BCUT2D eigenvalue weighted by atomic mass is 10.1. The summed E-state index contributed by atoms with van der Waals surface area (Å²) in [5.74, 6) is 0.373. The van der Waals surface area contributed by atoms with Gasteiger partial charge in [-0.25, -0.2) is 4.68 Å². The van der Waals surface area contributed by atoms with Crippen LogP contribution in [-0.4, -0.2) is 32.7 Å². The molecule has 9 heteroatoms. The Kier molecular flexibility index (Phi) is 5.89. The Balaban J connectivity index is 1.69. The summed E-state index contributed by atoms with van der Waals surface area (Å²) >= 11 is 0. The number of hydrogen-bond acceptors (Lipinski definition) is 6. The largest absolute Gasteiger partial charge is 0.497 e. The Bertz CT molecular complexity index is 1240. The zero-order chi connectivity index (χ0) is 22.5. The monoisotopic (exact) mass is 429 g/mol. The fourth-order valence-electron chi connectivity index (χ4n) is 3.13. The van der Waals surface area contributed by atoms with Gasteiger partial charge in [0.25, 0.3) is 11.6 Å². The van der Waals surface area contributed by atoms with Gasteiger partial charge in [-0.3, -0.25) is 19.9 Å². The van der Waals surface area contributed by atoms with Gasteiger partial charge in [0.1, 0.15) is 11.4 Å². The molecule has 1 N–H and O–H groups in total. The zero-order valence-corrected chi connectivity index (χ0v) is 17.1. The first kappa shape index (κ1) is 20.7. The summed E-state index contributed by atoms with van der Waals surface area (Å²) < 4.78 is 6.67. The molecule has 9 nitrogen and oxygen atoms in total. The Morgan fingerprint density at radius 1 is 1.12 bits per heavy atom. The molecule has 0 atom stereocenters. The van der Waals surface area contributed by atoms with Crippen LogP contribution in [0.4, 0.5) is 5.69 Å². The molecule has 2 aromatic carbocycles. The number of benzene rings is 2. The highest BCUT2D eigenvalue weighted by molar-refractivity contribution is 5.94. The predicted molar refractivity (Wildman–Crippen MR) is 118 cm³/mol. The van der Waals surface area contributed by atoms with Crippen LogP contribution < -0.4 is 10.1 Å². The normalized spacial score (nSPS) is 10.5. The SMILES string of the molecule is COc1ccc(-c2cc(C(=O)NCc3cccnc3)n(-c3ccc([N+](=O)[O-])cc3)n2)cc1. The first-order valence-electron chi connectivity index (χ1n) is 9.71. The van der Waals surface area contributed by atoms with Crippen LogP contribution in [0.2, 0.25) is 0 Å². The summed E-state index contributed by atoms with van der Waals surface area (Å²) in [5, 5.41) is 18.4. The van der Waals surface area contributed by atoms with Gasteiger partial charge in [-0.05, 0) is 54.1 Å². The van der Waals surface area contributed by atoms with E-state index in [2.05, 4.69) is 15.4 Å². The molecular formula is C23H19N5O4. The first-order chi connectivity index (χ1) is 15.5. The van der Waals surface area contributed by atoms with Gasteiger partial charge < -0.3 is 10.1 Å². The number of rotatable bonds is 7. The van der Waals surface area contributed by atoms with Crippen molar-refractivity contribution in [2.75, 3.05) is 7.11 Å². The molecule has 0 saturated heterocycles. The highest BCUT2D eigenvalue weighted by Gasteiger charge is 2.18. The molecule has 1 amide bonds. The van der Waals surface area contributed by atoms with Crippen molar-refractivity contribution >= 4 is 11.6 Å². The summed E-state index contributed by atoms with van der Waals surface area (Å²) in [6.45, 7) is 0.302. The van der Waals surface area contributed by atoms with Crippen molar-refractivity contribution in [3.05, 3.63) is 100 Å². The van der Waals surface area contributed by atoms with Gasteiger partial charge in [0.05, 0.1) is 23.4 Å². The third-order valence-corrected chi connectivity index (χ3v) is 4.81. The first-order valence-corrected chi connectivity index (χ1v) is 9.71. The van der Waals surface area contributed by atoms with Gasteiger partial charge in [0, 0.05) is 36.6 Å². The second-order valence-corrected chi connectivity index (χ2v) is 6.87. The number of carbonyl (C=O) groups excluding carboxylic acids is 1. The number of amides is 1. The molecule has 0 saturated carbocycles. The maximum atomic E-state index is 13.0. The van der Waals surface area contributed by atoms with E-state index >= 15 is 0 Å². The van der Waals surface area contributed by atoms with Crippen LogP contribution in [0, 0.1) is 10.1 Å². The minimum atomic E-state index is -0.475. The standard InChI is InChI=1S/C23H19N5O4/c1-32-20-10-4-17(5-11-20)21-13-22(23(29)25-15-16-3-2-12-24-14-16)27(26-21)18-6-8-19(9-7-18)28(30)31/h2-14H,15H2,1H3,(H,25,29). The van der Waals surface area contributed by atoms with Crippen LogP contribution in [0.25, 0.3) is 16.9 Å². The quantitative estimate of drug-likeness (QED) is 0.353. The topological polar surface area (TPSA) is 112 Å². The summed E-state index contributed by atoms with van der Waals surface area (Å²) in [4.78, 5) is 27.6. The van der Waals surface area contributed by atoms with E-state index in [0.717, 1.165) is 11.1 Å². The molecule has 0 aliphatic rings. The second kappa shape index (κ2) is 9.09. The van der Waals surface area contributed by atoms with Gasteiger partial charge in [0.2, 0.25) is 0 Å². The number of nitrogens with one attached hydrogen (secondary N) is 1. The van der Waals surface area contributed by atoms with Gasteiger partial charge >= 0.3 is 0 Å². The number of carbonyl (C=O) groups is 1. The molecule has 0 radical (unpaired) electrons. The van der Waals surface area contributed by atoms with Crippen molar-refractivity contribution in [1.82, 2.24) is 20.1 Å². The van der Waals surface area contributed by atoms with Crippen molar-refractivity contribution in [1.29, 1.82) is 0 Å². The fourth-order valence-corrected chi connectivity index (χ4v) is 3.13. The Morgan fingerprint density at radius 3 is 2.50 bits per heavy atom. The number of ether oxygens (including phenoxy) is 1. The Morgan fingerprint density at radius 2 is 1.88 bits per heavy atom. The molecule has 2 heterocycles. The lowest BCUT2D eigenvalue weighted by Crippen LogP contribution is -2.25. The maximum absolute atomic E-state index is 13.0. The van der Waals surface area contributed by atoms with Crippen molar-refractivity contribution in [2.45, 2.75) is 6.54 Å². The van der Waals surface area contributed by atoms with Crippen molar-refractivity contribution < 1.29 is 14.5 Å². The molecule has 0 fully saturated rings. The molecular weight excluding hydrogens is 410 g/mol. The Labute approximate surface area is 183 Å². The maximum Gasteiger partial charge on any atom is 0.270 e. The summed E-state index contributed by atoms with van der Waals surface area (Å²) in [6.07, 6.45) is 3.34. The second-order valence-electron chi connectivity index (χ2n) is 6.87. The molecule has 0 aliphatic heterocycles. The molecule has 0 unspecified atom stereocenters. The number of nitro benzene ring substituents is 1. The van der Waals surface area contributed by atoms with Crippen LogP contribution in [-0.2, 0) is 6.54 Å². The van der Waals surface area contributed by atoms with Crippen LogP contribution in [0.5, 0.6) is 5.75 Å². The zero-order valence-electron chi connectivity index (χ0n) is 17.1. The average Bonchev–Trinajstić information content (AvgIpc) is 3.29. The van der Waals surface area contributed by atoms with E-state index in [9.17, 15) is 14.9 Å². The number of methoxy groups -OCH3 is 1. The number of aromatic nitrogens is 3. The van der Waals surface area contributed by atoms with E-state index in [0.29, 0.717) is 29.4 Å². The van der Waals surface area contributed by atoms with Crippen molar-refractivity contribution in [2.24, 2.45) is 0 Å². The predicted octanol–water partition coefficient (Wildman–Crippen LogP) is 3.78. The lowest BCUT2D eigenvalue weighted by Gasteiger charge is -2.08. The van der Waals surface area contributed by atoms with Crippen LogP contribution in [0.1, 0.15) is 16.1 Å². The number of pyridine rings is 1. The fraction of sp³-hybridized carbons (Fsp3) is 0.0870. The molecule has 32 heavy (non-hydrogen) atoms. The molecule has 4 rings (SSSR count). The van der Waals surface area contributed by atoms with Crippen LogP contribution >= 0.6 is 0 Å². The van der Waals surface area contributed by atoms with E-state index in [-0.39, 0.29) is 11.6 Å². The molecule has 0 aliphatic carbocycles. The van der Waals surface area contributed by atoms with Gasteiger partial charge in [-0.1, -0.05) is 6.07 Å². The van der Waals surface area contributed by atoms with E-state index in [1.165, 1.54) is 16.8 Å². The molecule has 0 bridgehead atoms. The third-order valence-electron chi connectivity index (χ3n) is 4.81. The van der Waals surface area contributed by atoms with Crippen LogP contribution in [0.15, 0.2) is 79.1 Å². The minimum absolute atomic E-state index is 0.0427. The summed E-state index contributed by atoms with van der Waals surface area (Å²) in [5.41, 5.74) is 3.03. The minimum Gasteiger partial charge on any atom is -0.497 e. The van der Waals surface area contributed by atoms with E-state index in [1.54, 1.807) is 43.8 Å². The van der Waals surface area contributed by atoms with E-state index < -0.39 is 4.92 Å². The van der Waals surface area contributed by atoms with E-state index in [1.807, 2.05) is 30.3 Å². The van der Waals surface area contributed by atoms with Crippen LogP contribution in [0.3, 0.4) is 0 Å². The lowest BCUT2D eigenvalue weighted by molar-refractivity contribution is -0.384. The highest BCUT2D eigenvalue weighted by atomic mass is 16.6. The third kappa shape index (κ3) is 4.46. The Hall–Kier alpha value is -4.53. The van der Waals surface area contributed by atoms with Crippen molar-refractivity contribution in [3.63, 3.8) is 0 Å². The molecule has 0 spiro atoms. The smallest absolute Gasteiger partial charge is 0.270 e. The van der Waals surface area contributed by atoms with E-state index in [4.69, 9.17) is 4.74 Å². The molecule has 160 valence electrons. The number of non-ortho nitro benzene ring substituents is 1. The van der Waals surface area contributed by atoms with Gasteiger partial charge in [0.15, 0.2) is 0 Å². The van der Waals surface area contributed by atoms with Gasteiger partial charge in [-0.2, -0.15) is 5.10 Å². The highest BCUT2D eigenvalue weighted by Crippen LogP contribution is 2.25. The summed E-state index contributed by atoms with van der Waals surface area (Å²) in [7, 11) is 1.59.